The van der Waals surface area contributed by atoms with Crippen molar-refractivity contribution in [3.05, 3.63) is 29.3 Å². The fraction of sp³-hybridized carbons (Fsp3) is 0.500. The summed E-state index contributed by atoms with van der Waals surface area (Å²) in [6.45, 7) is 4.08. The van der Waals surface area contributed by atoms with Gasteiger partial charge in [-0.2, -0.15) is 0 Å². The third-order valence-corrected chi connectivity index (χ3v) is 3.77. The summed E-state index contributed by atoms with van der Waals surface area (Å²) in [5, 5.41) is 3.00. The molecule has 92 valence electrons. The lowest BCUT2D eigenvalue weighted by atomic mass is 10.0. The summed E-state index contributed by atoms with van der Waals surface area (Å²) < 4.78 is 0. The van der Waals surface area contributed by atoms with E-state index in [0.717, 1.165) is 30.5 Å². The molecule has 2 rings (SSSR count). The monoisotopic (exact) mass is 232 g/mol. The van der Waals surface area contributed by atoms with Crippen molar-refractivity contribution < 1.29 is 4.79 Å². The first kappa shape index (κ1) is 12.1. The van der Waals surface area contributed by atoms with Crippen molar-refractivity contribution in [2.45, 2.75) is 39.2 Å². The molecular weight excluding hydrogens is 212 g/mol. The van der Waals surface area contributed by atoms with Crippen molar-refractivity contribution in [1.29, 1.82) is 0 Å². The molecule has 1 fully saturated rings. The molecule has 2 unspecified atom stereocenters. The first-order valence-corrected chi connectivity index (χ1v) is 6.22. The van der Waals surface area contributed by atoms with Gasteiger partial charge in [-0.25, -0.2) is 0 Å². The van der Waals surface area contributed by atoms with E-state index >= 15 is 0 Å². The average molecular weight is 232 g/mol. The smallest absolute Gasteiger partial charge is 0.229 e. The number of nitrogens with two attached hydrogens (primary N) is 1. The summed E-state index contributed by atoms with van der Waals surface area (Å²) in [6.07, 6.45) is 2.94. The van der Waals surface area contributed by atoms with E-state index in [1.165, 1.54) is 5.56 Å². The molecule has 1 amide bonds. The van der Waals surface area contributed by atoms with Gasteiger partial charge in [-0.05, 0) is 43.9 Å². The summed E-state index contributed by atoms with van der Waals surface area (Å²) >= 11 is 0. The van der Waals surface area contributed by atoms with Gasteiger partial charge in [-0.15, -0.1) is 0 Å². The highest BCUT2D eigenvalue weighted by atomic mass is 16.1. The summed E-state index contributed by atoms with van der Waals surface area (Å²) in [6, 6.07) is 5.99. The Balaban J connectivity index is 2.10. The molecule has 1 aliphatic rings. The Kier molecular flexibility index (Phi) is 3.48. The van der Waals surface area contributed by atoms with Gasteiger partial charge in [0.05, 0.1) is 5.92 Å². The van der Waals surface area contributed by atoms with Gasteiger partial charge < -0.3 is 11.1 Å². The maximum atomic E-state index is 12.1. The van der Waals surface area contributed by atoms with Gasteiger partial charge in [0, 0.05) is 11.7 Å². The fourth-order valence-corrected chi connectivity index (χ4v) is 2.43. The van der Waals surface area contributed by atoms with E-state index < -0.39 is 0 Å². The highest BCUT2D eigenvalue weighted by Gasteiger charge is 2.30. The lowest BCUT2D eigenvalue weighted by molar-refractivity contribution is -0.120. The normalized spacial score (nSPS) is 23.7. The zero-order chi connectivity index (χ0) is 12.4. The lowest BCUT2D eigenvalue weighted by Crippen LogP contribution is -2.34. The molecule has 3 nitrogen and oxygen atoms in total. The molecule has 0 aromatic heterocycles. The molecule has 0 spiro atoms. The maximum Gasteiger partial charge on any atom is 0.229 e. The minimum absolute atomic E-state index is 0.0186. The third-order valence-electron chi connectivity index (χ3n) is 3.77. The van der Waals surface area contributed by atoms with Crippen LogP contribution in [-0.2, 0) is 4.79 Å². The molecule has 3 N–H and O–H groups in total. The van der Waals surface area contributed by atoms with Gasteiger partial charge in [0.2, 0.25) is 5.91 Å². The molecular formula is C14H20N2O. The van der Waals surface area contributed by atoms with Crippen molar-refractivity contribution in [1.82, 2.24) is 0 Å². The predicted octanol–water partition coefficient (Wildman–Crippen LogP) is 2.37. The molecule has 2 atom stereocenters. The van der Waals surface area contributed by atoms with Crippen LogP contribution in [-0.4, -0.2) is 11.9 Å². The second-order valence-corrected chi connectivity index (χ2v) is 4.94. The number of anilines is 1. The second kappa shape index (κ2) is 4.88. The second-order valence-electron chi connectivity index (χ2n) is 4.94. The molecule has 1 aliphatic carbocycles. The summed E-state index contributed by atoms with van der Waals surface area (Å²) in [5.41, 5.74) is 9.18. The van der Waals surface area contributed by atoms with Crippen LogP contribution in [0.5, 0.6) is 0 Å². The van der Waals surface area contributed by atoms with Gasteiger partial charge in [-0.3, -0.25) is 4.79 Å². The molecule has 0 bridgehead atoms. The minimum Gasteiger partial charge on any atom is -0.327 e. The van der Waals surface area contributed by atoms with Crippen LogP contribution in [0.2, 0.25) is 0 Å². The average Bonchev–Trinajstić information content (AvgIpc) is 2.71. The largest absolute Gasteiger partial charge is 0.327 e. The van der Waals surface area contributed by atoms with E-state index in [2.05, 4.69) is 5.32 Å². The van der Waals surface area contributed by atoms with Crippen molar-refractivity contribution in [2.75, 3.05) is 5.32 Å². The van der Waals surface area contributed by atoms with Crippen molar-refractivity contribution in [2.24, 2.45) is 11.7 Å². The Morgan fingerprint density at radius 3 is 2.76 bits per heavy atom. The van der Waals surface area contributed by atoms with E-state index in [1.54, 1.807) is 0 Å². The number of carbonyl (C=O) groups is 1. The summed E-state index contributed by atoms with van der Waals surface area (Å²) in [5.74, 6) is 0.0543. The standard InChI is InChI=1S/C14H20N2O/c1-9-5-3-8-13(10(9)2)16-14(17)11-6-4-7-12(11)15/h3,5,8,11-12H,4,6-7,15H2,1-2H3,(H,16,17). The number of carbonyl (C=O) groups excluding carboxylic acids is 1. The molecule has 1 aromatic carbocycles. The van der Waals surface area contributed by atoms with Crippen LogP contribution in [0.25, 0.3) is 0 Å². The highest BCUT2D eigenvalue weighted by molar-refractivity contribution is 5.94. The van der Waals surface area contributed by atoms with Crippen LogP contribution in [0.1, 0.15) is 30.4 Å². The highest BCUT2D eigenvalue weighted by Crippen LogP contribution is 2.26. The number of rotatable bonds is 2. The quantitative estimate of drug-likeness (QED) is 0.822. The fourth-order valence-electron chi connectivity index (χ4n) is 2.43. The Bertz CT molecular complexity index is 428. The molecule has 1 aromatic rings. The zero-order valence-corrected chi connectivity index (χ0v) is 10.5. The molecule has 0 aliphatic heterocycles. The minimum atomic E-state index is -0.0186. The number of nitrogens with one attached hydrogen (secondary N) is 1. The predicted molar refractivity (Wildman–Crippen MR) is 69.9 cm³/mol. The number of hydrogen-bond donors (Lipinski definition) is 2. The van der Waals surface area contributed by atoms with Crippen molar-refractivity contribution in [3.63, 3.8) is 0 Å². The van der Waals surface area contributed by atoms with Gasteiger partial charge in [-0.1, -0.05) is 18.6 Å². The number of benzene rings is 1. The topological polar surface area (TPSA) is 55.1 Å². The SMILES string of the molecule is Cc1cccc(NC(=O)C2CCCC2N)c1C. The number of amides is 1. The zero-order valence-electron chi connectivity index (χ0n) is 10.5. The molecule has 0 heterocycles. The molecule has 17 heavy (non-hydrogen) atoms. The molecule has 0 radical (unpaired) electrons. The van der Waals surface area contributed by atoms with Crippen LogP contribution < -0.4 is 11.1 Å². The van der Waals surface area contributed by atoms with E-state index in [0.29, 0.717) is 0 Å². The van der Waals surface area contributed by atoms with Gasteiger partial charge >= 0.3 is 0 Å². The Morgan fingerprint density at radius 2 is 2.12 bits per heavy atom. The molecule has 3 heteroatoms. The lowest BCUT2D eigenvalue weighted by Gasteiger charge is -2.17. The number of hydrogen-bond acceptors (Lipinski definition) is 2. The molecule has 1 saturated carbocycles. The Labute approximate surface area is 102 Å². The van der Waals surface area contributed by atoms with Crippen LogP contribution in [0.15, 0.2) is 18.2 Å². The van der Waals surface area contributed by atoms with E-state index in [-0.39, 0.29) is 17.9 Å². The van der Waals surface area contributed by atoms with Crippen LogP contribution in [0.3, 0.4) is 0 Å². The van der Waals surface area contributed by atoms with Crippen LogP contribution in [0, 0.1) is 19.8 Å². The third kappa shape index (κ3) is 2.50. The van der Waals surface area contributed by atoms with Crippen LogP contribution >= 0.6 is 0 Å². The Hall–Kier alpha value is -1.35. The van der Waals surface area contributed by atoms with Crippen LogP contribution in [0.4, 0.5) is 5.69 Å². The molecule has 0 saturated heterocycles. The van der Waals surface area contributed by atoms with Gasteiger partial charge in [0.1, 0.15) is 0 Å². The Morgan fingerprint density at radius 1 is 1.35 bits per heavy atom. The van der Waals surface area contributed by atoms with Crippen molar-refractivity contribution in [3.8, 4) is 0 Å². The van der Waals surface area contributed by atoms with E-state index in [4.69, 9.17) is 5.73 Å². The maximum absolute atomic E-state index is 12.1. The van der Waals surface area contributed by atoms with Gasteiger partial charge in [0.25, 0.3) is 0 Å². The first-order valence-electron chi connectivity index (χ1n) is 6.22. The first-order chi connectivity index (χ1) is 8.09. The number of aryl methyl sites for hydroxylation is 1. The van der Waals surface area contributed by atoms with Gasteiger partial charge in [0.15, 0.2) is 0 Å². The van der Waals surface area contributed by atoms with E-state index in [1.807, 2.05) is 32.0 Å². The van der Waals surface area contributed by atoms with E-state index in [9.17, 15) is 4.79 Å². The van der Waals surface area contributed by atoms with Crippen molar-refractivity contribution >= 4 is 11.6 Å². The summed E-state index contributed by atoms with van der Waals surface area (Å²) in [4.78, 5) is 12.1. The summed E-state index contributed by atoms with van der Waals surface area (Å²) in [7, 11) is 0.